The van der Waals surface area contributed by atoms with Crippen LogP contribution in [0.15, 0.2) is 60.1 Å². The number of hydrogen-bond donors (Lipinski definition) is 1. The van der Waals surface area contributed by atoms with E-state index in [2.05, 4.69) is 15.4 Å². The van der Waals surface area contributed by atoms with Gasteiger partial charge in [-0.05, 0) is 49.2 Å². The second kappa shape index (κ2) is 9.09. The van der Waals surface area contributed by atoms with Crippen molar-refractivity contribution in [2.75, 3.05) is 19.0 Å². The number of halogens is 1. The van der Waals surface area contributed by atoms with E-state index in [0.29, 0.717) is 28.7 Å². The average molecular weight is 438 g/mol. The summed E-state index contributed by atoms with van der Waals surface area (Å²) in [5.41, 5.74) is 2.66. The van der Waals surface area contributed by atoms with Crippen molar-refractivity contribution >= 4 is 11.9 Å². The Balaban J connectivity index is 1.67. The third-order valence-corrected chi connectivity index (χ3v) is 5.10. The molecule has 8 nitrogen and oxygen atoms in total. The number of methoxy groups -OCH3 is 1. The van der Waals surface area contributed by atoms with Crippen molar-refractivity contribution in [3.05, 3.63) is 77.0 Å². The van der Waals surface area contributed by atoms with Gasteiger partial charge in [-0.1, -0.05) is 18.2 Å². The smallest absolute Gasteiger partial charge is 0.338 e. The zero-order chi connectivity index (χ0) is 22.7. The molecule has 1 aromatic heterocycles. The van der Waals surface area contributed by atoms with Crippen molar-refractivity contribution in [2.24, 2.45) is 0 Å². The highest BCUT2D eigenvalue weighted by Crippen LogP contribution is 2.39. The van der Waals surface area contributed by atoms with Crippen LogP contribution in [-0.2, 0) is 16.1 Å². The van der Waals surface area contributed by atoms with Crippen LogP contribution in [0.5, 0.6) is 11.5 Å². The molecule has 4 rings (SSSR count). The predicted octanol–water partition coefficient (Wildman–Crippen LogP) is 3.86. The number of benzene rings is 2. The maximum atomic E-state index is 13.1. The van der Waals surface area contributed by atoms with E-state index < -0.39 is 12.0 Å². The van der Waals surface area contributed by atoms with Crippen LogP contribution in [0.4, 0.5) is 10.3 Å². The molecule has 2 aromatic carbocycles. The lowest BCUT2D eigenvalue weighted by atomic mass is 9.95. The predicted molar refractivity (Wildman–Crippen MR) is 115 cm³/mol. The van der Waals surface area contributed by atoms with Crippen LogP contribution in [0, 0.1) is 5.82 Å². The Labute approximate surface area is 184 Å². The zero-order valence-corrected chi connectivity index (χ0v) is 18.0. The normalized spacial score (nSPS) is 15.1. The molecular formula is C23H23FN4O4. The summed E-state index contributed by atoms with van der Waals surface area (Å²) in [7, 11) is 1.54. The van der Waals surface area contributed by atoms with Gasteiger partial charge in [-0.2, -0.15) is 10.1 Å². The van der Waals surface area contributed by atoms with Gasteiger partial charge in [0.2, 0.25) is 5.95 Å². The molecule has 1 aliphatic rings. The fourth-order valence-electron chi connectivity index (χ4n) is 3.59. The number of fused-ring (bicyclic) bond motifs is 1. The Morgan fingerprint density at radius 1 is 1.19 bits per heavy atom. The third-order valence-electron chi connectivity index (χ3n) is 5.10. The van der Waals surface area contributed by atoms with Crippen molar-refractivity contribution in [2.45, 2.75) is 26.5 Å². The lowest BCUT2D eigenvalue weighted by Gasteiger charge is -2.28. The molecule has 0 spiro atoms. The molecule has 0 bridgehead atoms. The molecule has 0 aliphatic carbocycles. The van der Waals surface area contributed by atoms with Gasteiger partial charge in [0.05, 0.1) is 19.3 Å². The van der Waals surface area contributed by atoms with E-state index in [1.807, 2.05) is 6.07 Å². The summed E-state index contributed by atoms with van der Waals surface area (Å²) in [5.74, 6) is 0.804. The fourth-order valence-corrected chi connectivity index (χ4v) is 3.59. The summed E-state index contributed by atoms with van der Waals surface area (Å²) in [4.78, 5) is 17.0. The number of anilines is 1. The van der Waals surface area contributed by atoms with Crippen molar-refractivity contribution in [1.82, 2.24) is 14.8 Å². The number of nitrogens with one attached hydrogen (secondary N) is 1. The largest absolute Gasteiger partial charge is 0.493 e. The second-order valence-electron chi connectivity index (χ2n) is 7.14. The molecule has 32 heavy (non-hydrogen) atoms. The summed E-state index contributed by atoms with van der Waals surface area (Å²) in [6.45, 7) is 4.07. The molecule has 1 atom stereocenters. The van der Waals surface area contributed by atoms with E-state index >= 15 is 0 Å². The first-order valence-electron chi connectivity index (χ1n) is 10.1. The molecule has 0 amide bonds. The number of nitrogens with zero attached hydrogens (tertiary/aromatic N) is 3. The van der Waals surface area contributed by atoms with E-state index in [0.717, 1.165) is 11.1 Å². The van der Waals surface area contributed by atoms with Crippen molar-refractivity contribution in [3.8, 4) is 11.5 Å². The first kappa shape index (κ1) is 21.4. The van der Waals surface area contributed by atoms with Gasteiger partial charge in [0.1, 0.15) is 24.8 Å². The minimum absolute atomic E-state index is 0.254. The molecule has 166 valence electrons. The molecule has 1 N–H and O–H groups in total. The minimum Gasteiger partial charge on any atom is -0.493 e. The quantitative estimate of drug-likeness (QED) is 0.561. The molecule has 0 saturated heterocycles. The van der Waals surface area contributed by atoms with Crippen molar-refractivity contribution in [1.29, 1.82) is 0 Å². The van der Waals surface area contributed by atoms with Gasteiger partial charge in [-0.25, -0.2) is 13.9 Å². The van der Waals surface area contributed by atoms with E-state index in [4.69, 9.17) is 14.2 Å². The summed E-state index contributed by atoms with van der Waals surface area (Å²) in [6, 6.07) is 11.0. The molecule has 0 radical (unpaired) electrons. The Kier molecular flexibility index (Phi) is 6.07. The maximum absolute atomic E-state index is 13.1. The molecule has 0 fully saturated rings. The van der Waals surface area contributed by atoms with Gasteiger partial charge in [-0.15, -0.1) is 0 Å². The number of carbonyl (C=O) groups is 1. The maximum Gasteiger partial charge on any atom is 0.338 e. The standard InChI is InChI=1S/C23H23FN4O4/c1-4-31-22(29)20-14(2)27-23-25-13-26-28(23)21(20)16-7-10-18(19(11-16)30-3)32-12-15-5-8-17(24)9-6-15/h5-11,13,21H,4,12H2,1-3H3,(H,25,26,27). The Morgan fingerprint density at radius 2 is 1.97 bits per heavy atom. The Morgan fingerprint density at radius 3 is 2.69 bits per heavy atom. The molecule has 3 aromatic rings. The van der Waals surface area contributed by atoms with Crippen LogP contribution in [-0.4, -0.2) is 34.5 Å². The number of ether oxygens (including phenoxy) is 3. The van der Waals surface area contributed by atoms with E-state index in [-0.39, 0.29) is 19.0 Å². The highest BCUT2D eigenvalue weighted by atomic mass is 19.1. The topological polar surface area (TPSA) is 87.5 Å². The van der Waals surface area contributed by atoms with Crippen molar-refractivity contribution in [3.63, 3.8) is 0 Å². The average Bonchev–Trinajstić information content (AvgIpc) is 3.25. The molecular weight excluding hydrogens is 415 g/mol. The lowest BCUT2D eigenvalue weighted by Crippen LogP contribution is -2.29. The Bertz CT molecular complexity index is 1160. The SMILES string of the molecule is CCOC(=O)C1=C(C)Nc2ncnn2C1c1ccc(OCc2ccc(F)cc2)c(OC)c1. The second-order valence-corrected chi connectivity index (χ2v) is 7.14. The highest BCUT2D eigenvalue weighted by molar-refractivity contribution is 5.92. The molecule has 1 aliphatic heterocycles. The van der Waals surface area contributed by atoms with E-state index in [1.165, 1.54) is 18.5 Å². The van der Waals surface area contributed by atoms with E-state index in [1.54, 1.807) is 49.9 Å². The minimum atomic E-state index is -0.548. The zero-order valence-electron chi connectivity index (χ0n) is 18.0. The van der Waals surface area contributed by atoms with Crippen LogP contribution < -0.4 is 14.8 Å². The fraction of sp³-hybridized carbons (Fsp3) is 0.261. The first-order valence-corrected chi connectivity index (χ1v) is 10.1. The number of rotatable bonds is 7. The summed E-state index contributed by atoms with van der Waals surface area (Å²) < 4.78 is 31.5. The monoisotopic (exact) mass is 438 g/mol. The molecule has 2 heterocycles. The lowest BCUT2D eigenvalue weighted by molar-refractivity contribution is -0.139. The van der Waals surface area contributed by atoms with Crippen LogP contribution in [0.1, 0.15) is 31.0 Å². The van der Waals surface area contributed by atoms with E-state index in [9.17, 15) is 9.18 Å². The number of carbonyl (C=O) groups excluding carboxylic acids is 1. The number of allylic oxidation sites excluding steroid dienone is 1. The third kappa shape index (κ3) is 4.14. The number of hydrogen-bond acceptors (Lipinski definition) is 7. The molecule has 9 heteroatoms. The van der Waals surface area contributed by atoms with Gasteiger partial charge >= 0.3 is 5.97 Å². The van der Waals surface area contributed by atoms with Crippen LogP contribution in [0.25, 0.3) is 0 Å². The number of aromatic nitrogens is 3. The molecule has 0 saturated carbocycles. The molecule has 1 unspecified atom stereocenters. The van der Waals surface area contributed by atoms with Gasteiger partial charge < -0.3 is 19.5 Å². The number of esters is 1. The van der Waals surface area contributed by atoms with Crippen molar-refractivity contribution < 1.29 is 23.4 Å². The van der Waals surface area contributed by atoms with Crippen LogP contribution in [0.3, 0.4) is 0 Å². The Hall–Kier alpha value is -3.88. The first-order chi connectivity index (χ1) is 15.5. The highest BCUT2D eigenvalue weighted by Gasteiger charge is 2.34. The summed E-state index contributed by atoms with van der Waals surface area (Å²) in [5, 5.41) is 7.40. The summed E-state index contributed by atoms with van der Waals surface area (Å²) >= 11 is 0. The van der Waals surface area contributed by atoms with Crippen LogP contribution in [0.2, 0.25) is 0 Å². The van der Waals surface area contributed by atoms with Crippen LogP contribution >= 0.6 is 0 Å². The van der Waals surface area contributed by atoms with Gasteiger partial charge in [0.15, 0.2) is 11.5 Å². The van der Waals surface area contributed by atoms with Gasteiger partial charge in [0, 0.05) is 5.70 Å². The summed E-state index contributed by atoms with van der Waals surface area (Å²) in [6.07, 6.45) is 1.42. The van der Waals surface area contributed by atoms with Gasteiger partial charge in [-0.3, -0.25) is 0 Å². The van der Waals surface area contributed by atoms with Gasteiger partial charge in [0.25, 0.3) is 0 Å².